The number of hydrogen-bond donors (Lipinski definition) is 2. The molecule has 0 fully saturated rings. The summed E-state index contributed by atoms with van der Waals surface area (Å²) in [5, 5.41) is 20.6. The minimum Gasteiger partial charge on any atom is -0.478 e. The molecule has 2 aromatic carbocycles. The van der Waals surface area contributed by atoms with E-state index in [0.29, 0.717) is 17.3 Å². The predicted molar refractivity (Wildman–Crippen MR) is 103 cm³/mol. The minimum absolute atomic E-state index is 0.174. The number of nitrogens with one attached hydrogen (secondary N) is 1. The Morgan fingerprint density at radius 3 is 2.44 bits per heavy atom. The van der Waals surface area contributed by atoms with E-state index < -0.39 is 5.97 Å². The first-order valence-corrected chi connectivity index (χ1v) is 9.19. The lowest BCUT2D eigenvalue weighted by Gasteiger charge is -2.06. The van der Waals surface area contributed by atoms with Crippen LogP contribution in [-0.2, 0) is 18.3 Å². The molecule has 0 radical (unpaired) electrons. The summed E-state index contributed by atoms with van der Waals surface area (Å²) < 4.78 is 1.88. The highest BCUT2D eigenvalue weighted by Crippen LogP contribution is 2.18. The van der Waals surface area contributed by atoms with Crippen molar-refractivity contribution in [3.8, 4) is 0 Å². The van der Waals surface area contributed by atoms with Gasteiger partial charge in [-0.25, -0.2) is 4.79 Å². The Morgan fingerprint density at radius 2 is 1.78 bits per heavy atom. The Balaban J connectivity index is 1.55. The maximum Gasteiger partial charge on any atom is 0.335 e. The summed E-state index contributed by atoms with van der Waals surface area (Å²) in [5.41, 5.74) is 1.87. The van der Waals surface area contributed by atoms with Crippen LogP contribution in [0.15, 0.2) is 59.8 Å². The first-order valence-electron chi connectivity index (χ1n) is 8.21. The van der Waals surface area contributed by atoms with E-state index in [1.54, 1.807) is 12.1 Å². The molecule has 27 heavy (non-hydrogen) atoms. The molecule has 8 heteroatoms. The Bertz CT molecular complexity index is 939. The molecule has 0 aliphatic carbocycles. The van der Waals surface area contributed by atoms with Gasteiger partial charge >= 0.3 is 5.97 Å². The number of rotatable bonds is 7. The van der Waals surface area contributed by atoms with Crippen molar-refractivity contribution in [1.29, 1.82) is 0 Å². The van der Waals surface area contributed by atoms with Crippen LogP contribution in [0.5, 0.6) is 0 Å². The lowest BCUT2D eigenvalue weighted by molar-refractivity contribution is -0.113. The van der Waals surface area contributed by atoms with E-state index in [2.05, 4.69) is 15.5 Å². The maximum absolute atomic E-state index is 12.1. The molecule has 0 unspecified atom stereocenters. The minimum atomic E-state index is -1.00. The third-order valence-corrected chi connectivity index (χ3v) is 4.90. The molecule has 0 bridgehead atoms. The average molecular weight is 382 g/mol. The van der Waals surface area contributed by atoms with Gasteiger partial charge in [0, 0.05) is 19.2 Å². The van der Waals surface area contributed by atoms with Crippen LogP contribution in [0.3, 0.4) is 0 Å². The van der Waals surface area contributed by atoms with Gasteiger partial charge in [-0.15, -0.1) is 10.2 Å². The summed E-state index contributed by atoms with van der Waals surface area (Å²) in [5.74, 6) is -0.195. The molecule has 1 heterocycles. The molecular weight excluding hydrogens is 364 g/mol. The molecule has 0 saturated heterocycles. The summed E-state index contributed by atoms with van der Waals surface area (Å²) in [6.07, 6.45) is 0.674. The SMILES string of the molecule is Cn1c(Cc2ccccc2)nnc1SCC(=O)Nc1ccc(C(=O)O)cc1. The van der Waals surface area contributed by atoms with Crippen LogP contribution in [0.1, 0.15) is 21.7 Å². The van der Waals surface area contributed by atoms with Crippen molar-refractivity contribution in [3.05, 3.63) is 71.5 Å². The maximum atomic E-state index is 12.1. The van der Waals surface area contributed by atoms with Gasteiger partial charge in [-0.2, -0.15) is 0 Å². The van der Waals surface area contributed by atoms with E-state index in [9.17, 15) is 9.59 Å². The number of carboxylic acid groups (broad SMARTS) is 1. The summed E-state index contributed by atoms with van der Waals surface area (Å²) in [4.78, 5) is 22.9. The predicted octanol–water partition coefficient (Wildman–Crippen LogP) is 2.83. The molecule has 7 nitrogen and oxygen atoms in total. The number of carboxylic acids is 1. The number of thioether (sulfide) groups is 1. The van der Waals surface area contributed by atoms with E-state index in [1.165, 1.54) is 23.9 Å². The molecule has 2 N–H and O–H groups in total. The summed E-state index contributed by atoms with van der Waals surface area (Å²) in [6.45, 7) is 0. The molecule has 0 saturated carbocycles. The molecular formula is C19H18N4O3S. The van der Waals surface area contributed by atoms with Crippen molar-refractivity contribution in [2.45, 2.75) is 11.6 Å². The zero-order valence-corrected chi connectivity index (χ0v) is 15.4. The molecule has 0 spiro atoms. The lowest BCUT2D eigenvalue weighted by Crippen LogP contribution is -2.14. The number of anilines is 1. The van der Waals surface area contributed by atoms with E-state index in [1.807, 2.05) is 41.9 Å². The van der Waals surface area contributed by atoms with Crippen LogP contribution in [0.4, 0.5) is 5.69 Å². The van der Waals surface area contributed by atoms with Gasteiger partial charge in [-0.1, -0.05) is 42.1 Å². The molecule has 0 aliphatic rings. The zero-order chi connectivity index (χ0) is 19.2. The van der Waals surface area contributed by atoms with Gasteiger partial charge in [0.2, 0.25) is 5.91 Å². The summed E-state index contributed by atoms with van der Waals surface area (Å²) >= 11 is 1.30. The van der Waals surface area contributed by atoms with Gasteiger partial charge < -0.3 is 15.0 Å². The third-order valence-electron chi connectivity index (χ3n) is 3.88. The number of amides is 1. The van der Waals surface area contributed by atoms with E-state index >= 15 is 0 Å². The normalized spacial score (nSPS) is 10.6. The smallest absolute Gasteiger partial charge is 0.335 e. The summed E-state index contributed by atoms with van der Waals surface area (Å²) in [6, 6.07) is 16.0. The number of carbonyl (C=O) groups excluding carboxylic acids is 1. The fourth-order valence-electron chi connectivity index (χ4n) is 2.43. The number of benzene rings is 2. The zero-order valence-electron chi connectivity index (χ0n) is 14.6. The number of aromatic carboxylic acids is 1. The van der Waals surface area contributed by atoms with Crippen LogP contribution in [0.25, 0.3) is 0 Å². The Labute approximate surface area is 160 Å². The second-order valence-electron chi connectivity index (χ2n) is 5.84. The first-order chi connectivity index (χ1) is 13.0. The highest BCUT2D eigenvalue weighted by Gasteiger charge is 2.12. The van der Waals surface area contributed by atoms with E-state index in [4.69, 9.17) is 5.11 Å². The monoisotopic (exact) mass is 382 g/mol. The number of nitrogens with zero attached hydrogens (tertiary/aromatic N) is 3. The standard InChI is InChI=1S/C19H18N4O3S/c1-23-16(11-13-5-3-2-4-6-13)21-22-19(23)27-12-17(24)20-15-9-7-14(8-10-15)18(25)26/h2-10H,11-12H2,1H3,(H,20,24)(H,25,26). The van der Waals surface area contributed by atoms with Crippen LogP contribution in [0.2, 0.25) is 0 Å². The van der Waals surface area contributed by atoms with Crippen molar-refractivity contribution < 1.29 is 14.7 Å². The number of hydrogen-bond acceptors (Lipinski definition) is 5. The van der Waals surface area contributed by atoms with Crippen LogP contribution in [0, 0.1) is 0 Å². The Morgan fingerprint density at radius 1 is 1.07 bits per heavy atom. The van der Waals surface area contributed by atoms with Crippen molar-refractivity contribution in [2.75, 3.05) is 11.1 Å². The molecule has 1 aromatic heterocycles. The molecule has 3 aromatic rings. The number of carbonyl (C=O) groups is 2. The fourth-order valence-corrected chi connectivity index (χ4v) is 3.16. The van der Waals surface area contributed by atoms with Crippen LogP contribution in [-0.4, -0.2) is 37.5 Å². The van der Waals surface area contributed by atoms with E-state index in [-0.39, 0.29) is 17.2 Å². The summed E-state index contributed by atoms with van der Waals surface area (Å²) in [7, 11) is 1.88. The van der Waals surface area contributed by atoms with Gasteiger partial charge in [-0.05, 0) is 29.8 Å². The van der Waals surface area contributed by atoms with Gasteiger partial charge in [0.1, 0.15) is 5.82 Å². The van der Waals surface area contributed by atoms with Gasteiger partial charge in [-0.3, -0.25) is 4.79 Å². The van der Waals surface area contributed by atoms with E-state index in [0.717, 1.165) is 11.4 Å². The molecule has 0 aliphatic heterocycles. The van der Waals surface area contributed by atoms with Crippen LogP contribution >= 0.6 is 11.8 Å². The van der Waals surface area contributed by atoms with Crippen molar-refractivity contribution >= 4 is 29.3 Å². The van der Waals surface area contributed by atoms with Crippen LogP contribution < -0.4 is 5.32 Å². The third kappa shape index (κ3) is 4.95. The fraction of sp³-hybridized carbons (Fsp3) is 0.158. The molecule has 1 amide bonds. The molecule has 138 valence electrons. The lowest BCUT2D eigenvalue weighted by atomic mass is 10.1. The Hall–Kier alpha value is -3.13. The molecule has 0 atom stereocenters. The van der Waals surface area contributed by atoms with Crippen molar-refractivity contribution in [2.24, 2.45) is 7.05 Å². The van der Waals surface area contributed by atoms with Crippen molar-refractivity contribution in [3.63, 3.8) is 0 Å². The highest BCUT2D eigenvalue weighted by molar-refractivity contribution is 7.99. The van der Waals surface area contributed by atoms with Gasteiger partial charge in [0.25, 0.3) is 0 Å². The second kappa shape index (κ2) is 8.50. The topological polar surface area (TPSA) is 97.1 Å². The highest BCUT2D eigenvalue weighted by atomic mass is 32.2. The second-order valence-corrected chi connectivity index (χ2v) is 6.78. The van der Waals surface area contributed by atoms with Gasteiger partial charge in [0.05, 0.1) is 11.3 Å². The number of aromatic nitrogens is 3. The van der Waals surface area contributed by atoms with Crippen molar-refractivity contribution in [1.82, 2.24) is 14.8 Å². The Kier molecular flexibility index (Phi) is 5.87. The first kappa shape index (κ1) is 18.7. The van der Waals surface area contributed by atoms with Gasteiger partial charge in [0.15, 0.2) is 5.16 Å². The largest absolute Gasteiger partial charge is 0.478 e. The molecule has 3 rings (SSSR count). The average Bonchev–Trinajstić information content (AvgIpc) is 3.01. The quantitative estimate of drug-likeness (QED) is 0.610.